The van der Waals surface area contributed by atoms with Crippen molar-refractivity contribution >= 4 is 11.8 Å². The van der Waals surface area contributed by atoms with Gasteiger partial charge < -0.3 is 14.8 Å². The van der Waals surface area contributed by atoms with Crippen LogP contribution in [0.2, 0.25) is 0 Å². The first-order valence-electron chi connectivity index (χ1n) is 7.21. The third-order valence-corrected chi connectivity index (χ3v) is 4.34. The van der Waals surface area contributed by atoms with Crippen molar-refractivity contribution in [2.75, 3.05) is 6.26 Å². The van der Waals surface area contributed by atoms with Crippen molar-refractivity contribution in [2.24, 2.45) is 0 Å². The summed E-state index contributed by atoms with van der Waals surface area (Å²) < 4.78 is 5.23. The minimum atomic E-state index is -0.562. The molecule has 114 valence electrons. The van der Waals surface area contributed by atoms with E-state index in [1.165, 1.54) is 10.5 Å². The third-order valence-electron chi connectivity index (χ3n) is 3.60. The quantitative estimate of drug-likeness (QED) is 0.754. The molecule has 0 aliphatic heterocycles. The third kappa shape index (κ3) is 4.63. The number of nitrogens with one attached hydrogen (secondary N) is 1. The van der Waals surface area contributed by atoms with Gasteiger partial charge in [-0.15, -0.1) is 11.8 Å². The van der Waals surface area contributed by atoms with Crippen LogP contribution in [0.1, 0.15) is 43.7 Å². The predicted octanol–water partition coefficient (Wildman–Crippen LogP) is 4.16. The fourth-order valence-corrected chi connectivity index (χ4v) is 2.82. The summed E-state index contributed by atoms with van der Waals surface area (Å²) in [5.41, 5.74) is 1.26. The highest BCUT2D eigenvalue weighted by molar-refractivity contribution is 7.98. The highest BCUT2D eigenvalue weighted by Crippen LogP contribution is 2.22. The van der Waals surface area contributed by atoms with Gasteiger partial charge in [-0.3, -0.25) is 0 Å². The van der Waals surface area contributed by atoms with Crippen LogP contribution in [-0.4, -0.2) is 17.4 Å². The van der Waals surface area contributed by atoms with Crippen LogP contribution in [0.4, 0.5) is 0 Å². The first-order chi connectivity index (χ1) is 10.1. The van der Waals surface area contributed by atoms with Crippen molar-refractivity contribution in [2.45, 2.75) is 43.4 Å². The molecule has 3 unspecified atom stereocenters. The Morgan fingerprint density at radius 1 is 1.19 bits per heavy atom. The van der Waals surface area contributed by atoms with Crippen LogP contribution in [0.3, 0.4) is 0 Å². The van der Waals surface area contributed by atoms with Gasteiger partial charge in [0.05, 0.1) is 6.26 Å². The summed E-state index contributed by atoms with van der Waals surface area (Å²) >= 11 is 1.75. The molecule has 0 aliphatic rings. The lowest BCUT2D eigenvalue weighted by molar-refractivity contribution is 0.127. The van der Waals surface area contributed by atoms with Gasteiger partial charge in [0, 0.05) is 17.0 Å². The molecule has 1 aromatic heterocycles. The van der Waals surface area contributed by atoms with Crippen LogP contribution >= 0.6 is 11.8 Å². The molecule has 1 heterocycles. The summed E-state index contributed by atoms with van der Waals surface area (Å²) in [7, 11) is 0. The minimum absolute atomic E-state index is 0.195. The molecule has 3 atom stereocenters. The van der Waals surface area contributed by atoms with Gasteiger partial charge in [0.25, 0.3) is 0 Å². The largest absolute Gasteiger partial charge is 0.467 e. The SMILES string of the molecule is CSc1ccc(C(C)NC(C)CC(O)c2ccco2)cc1. The van der Waals surface area contributed by atoms with Crippen molar-refractivity contribution in [1.82, 2.24) is 5.32 Å². The van der Waals surface area contributed by atoms with E-state index in [4.69, 9.17) is 4.42 Å². The molecule has 2 rings (SSSR count). The standard InChI is InChI=1S/C17H23NO2S/c1-12(11-16(19)17-5-4-10-20-17)18-13(2)14-6-8-15(21-3)9-7-14/h4-10,12-13,16,18-19H,11H2,1-3H3. The molecule has 2 N–H and O–H groups in total. The van der Waals surface area contributed by atoms with E-state index in [1.54, 1.807) is 24.1 Å². The van der Waals surface area contributed by atoms with Gasteiger partial charge in [-0.05, 0) is 56.4 Å². The smallest absolute Gasteiger partial charge is 0.132 e. The summed E-state index contributed by atoms with van der Waals surface area (Å²) in [5, 5.41) is 13.6. The Hall–Kier alpha value is -1.23. The number of aliphatic hydroxyl groups excluding tert-OH is 1. The Morgan fingerprint density at radius 2 is 1.90 bits per heavy atom. The van der Waals surface area contributed by atoms with Gasteiger partial charge in [-0.1, -0.05) is 12.1 Å². The normalized spacial score (nSPS) is 15.6. The van der Waals surface area contributed by atoms with Gasteiger partial charge in [0.15, 0.2) is 0 Å². The fraction of sp³-hybridized carbons (Fsp3) is 0.412. The highest BCUT2D eigenvalue weighted by Gasteiger charge is 2.16. The van der Waals surface area contributed by atoms with E-state index in [1.807, 2.05) is 6.07 Å². The monoisotopic (exact) mass is 305 g/mol. The highest BCUT2D eigenvalue weighted by atomic mass is 32.2. The predicted molar refractivity (Wildman–Crippen MR) is 87.5 cm³/mol. The molecule has 0 saturated carbocycles. The fourth-order valence-electron chi connectivity index (χ4n) is 2.42. The Morgan fingerprint density at radius 3 is 2.48 bits per heavy atom. The van der Waals surface area contributed by atoms with E-state index in [-0.39, 0.29) is 12.1 Å². The average Bonchev–Trinajstić information content (AvgIpc) is 3.01. The number of hydrogen-bond acceptors (Lipinski definition) is 4. The number of hydrogen-bond donors (Lipinski definition) is 2. The molecule has 0 radical (unpaired) electrons. The number of benzene rings is 1. The van der Waals surface area contributed by atoms with E-state index < -0.39 is 6.10 Å². The van der Waals surface area contributed by atoms with Crippen LogP contribution in [0.5, 0.6) is 0 Å². The van der Waals surface area contributed by atoms with E-state index in [2.05, 4.69) is 49.7 Å². The van der Waals surface area contributed by atoms with Crippen LogP contribution < -0.4 is 5.32 Å². The van der Waals surface area contributed by atoms with Gasteiger partial charge in [-0.2, -0.15) is 0 Å². The lowest BCUT2D eigenvalue weighted by atomic mass is 10.0. The summed E-state index contributed by atoms with van der Waals surface area (Å²) in [4.78, 5) is 1.27. The van der Waals surface area contributed by atoms with Gasteiger partial charge in [-0.25, -0.2) is 0 Å². The van der Waals surface area contributed by atoms with Gasteiger partial charge in [0.2, 0.25) is 0 Å². The van der Waals surface area contributed by atoms with E-state index in [0.717, 1.165) is 0 Å². The molecular formula is C17H23NO2S. The van der Waals surface area contributed by atoms with Crippen LogP contribution in [0.15, 0.2) is 52.0 Å². The molecule has 0 saturated heterocycles. The molecule has 0 fully saturated rings. The molecule has 4 heteroatoms. The maximum absolute atomic E-state index is 10.1. The number of rotatable bonds is 7. The van der Waals surface area contributed by atoms with Crippen LogP contribution in [0, 0.1) is 0 Å². The van der Waals surface area contributed by atoms with Crippen molar-refractivity contribution in [1.29, 1.82) is 0 Å². The molecule has 21 heavy (non-hydrogen) atoms. The molecule has 0 bridgehead atoms. The van der Waals surface area contributed by atoms with Gasteiger partial charge >= 0.3 is 0 Å². The summed E-state index contributed by atoms with van der Waals surface area (Å²) in [6.07, 6.45) is 3.73. The Labute approximate surface area is 130 Å². The van der Waals surface area contributed by atoms with Crippen molar-refractivity contribution in [3.8, 4) is 0 Å². The molecule has 2 aromatic rings. The zero-order chi connectivity index (χ0) is 15.2. The van der Waals surface area contributed by atoms with E-state index in [0.29, 0.717) is 12.2 Å². The first kappa shape index (κ1) is 16.1. The zero-order valence-electron chi connectivity index (χ0n) is 12.7. The maximum Gasteiger partial charge on any atom is 0.132 e. The van der Waals surface area contributed by atoms with E-state index in [9.17, 15) is 5.11 Å². The summed E-state index contributed by atoms with van der Waals surface area (Å²) in [6.45, 7) is 4.22. The second-order valence-corrected chi connectivity index (χ2v) is 6.21. The van der Waals surface area contributed by atoms with Crippen LogP contribution in [0.25, 0.3) is 0 Å². The zero-order valence-corrected chi connectivity index (χ0v) is 13.6. The Kier molecular flexibility index (Phi) is 5.91. The molecule has 0 aliphatic carbocycles. The maximum atomic E-state index is 10.1. The lowest BCUT2D eigenvalue weighted by Crippen LogP contribution is -2.30. The van der Waals surface area contributed by atoms with Crippen molar-refractivity contribution in [3.63, 3.8) is 0 Å². The average molecular weight is 305 g/mol. The van der Waals surface area contributed by atoms with Crippen LogP contribution in [-0.2, 0) is 0 Å². The lowest BCUT2D eigenvalue weighted by Gasteiger charge is -2.22. The number of aliphatic hydroxyl groups is 1. The van der Waals surface area contributed by atoms with Gasteiger partial charge in [0.1, 0.15) is 11.9 Å². The molecule has 1 aromatic carbocycles. The second kappa shape index (κ2) is 7.69. The molecule has 0 amide bonds. The van der Waals surface area contributed by atoms with E-state index >= 15 is 0 Å². The molecular weight excluding hydrogens is 282 g/mol. The summed E-state index contributed by atoms with van der Waals surface area (Å²) in [6, 6.07) is 12.6. The molecule has 3 nitrogen and oxygen atoms in total. The first-order valence-corrected chi connectivity index (χ1v) is 8.44. The number of thioether (sulfide) groups is 1. The Bertz CT molecular complexity index is 524. The van der Waals surface area contributed by atoms with Crippen molar-refractivity contribution < 1.29 is 9.52 Å². The Balaban J connectivity index is 1.87. The topological polar surface area (TPSA) is 45.4 Å². The second-order valence-electron chi connectivity index (χ2n) is 5.33. The minimum Gasteiger partial charge on any atom is -0.467 e. The summed E-state index contributed by atoms with van der Waals surface area (Å²) in [5.74, 6) is 0.626. The van der Waals surface area contributed by atoms with Crippen molar-refractivity contribution in [3.05, 3.63) is 54.0 Å². The number of furan rings is 1. The molecule has 0 spiro atoms.